The van der Waals surface area contributed by atoms with Gasteiger partial charge in [-0.15, -0.1) is 0 Å². The molecule has 0 radical (unpaired) electrons. The third kappa shape index (κ3) is 5.35. The summed E-state index contributed by atoms with van der Waals surface area (Å²) in [4.78, 5) is 12.0. The van der Waals surface area contributed by atoms with Crippen LogP contribution >= 0.6 is 0 Å². The molecule has 0 unspecified atom stereocenters. The summed E-state index contributed by atoms with van der Waals surface area (Å²) >= 11 is 0. The summed E-state index contributed by atoms with van der Waals surface area (Å²) in [5.74, 6) is 0.187. The molecule has 0 saturated heterocycles. The van der Waals surface area contributed by atoms with Gasteiger partial charge in [0.05, 0.1) is 18.0 Å². The minimum Gasteiger partial charge on any atom is -0.497 e. The molecule has 1 amide bonds. The van der Waals surface area contributed by atoms with E-state index in [9.17, 15) is 13.2 Å². The Hall–Kier alpha value is -1.60. The summed E-state index contributed by atoms with van der Waals surface area (Å²) < 4.78 is 31.7. The minimum atomic E-state index is -3.75. The molecule has 0 fully saturated rings. The second-order valence-electron chi connectivity index (χ2n) is 5.76. The van der Waals surface area contributed by atoms with Gasteiger partial charge in [-0.1, -0.05) is 0 Å². The van der Waals surface area contributed by atoms with Crippen molar-refractivity contribution in [3.05, 3.63) is 24.3 Å². The molecule has 0 aliphatic heterocycles. The first-order valence-electron chi connectivity index (χ1n) is 6.53. The van der Waals surface area contributed by atoms with E-state index in [0.717, 1.165) is 0 Å². The lowest BCUT2D eigenvalue weighted by Gasteiger charge is -2.23. The van der Waals surface area contributed by atoms with Crippen molar-refractivity contribution in [1.82, 2.24) is 10.0 Å². The van der Waals surface area contributed by atoms with Gasteiger partial charge in [0, 0.05) is 5.54 Å². The predicted octanol–water partition coefficient (Wildman–Crippen LogP) is 1.28. The number of methoxy groups -OCH3 is 1. The number of nitrogens with one attached hydrogen (secondary N) is 2. The lowest BCUT2D eigenvalue weighted by molar-refractivity contribution is -0.123. The quantitative estimate of drug-likeness (QED) is 0.857. The standard InChI is InChI=1S/C14H22N2O4S/c1-10(13(17)15-14(2,3)4)16-21(18,19)12-8-6-11(20-5)7-9-12/h6-10,16H,1-5H3,(H,15,17)/t10-/m1/s1. The van der Waals surface area contributed by atoms with Crippen LogP contribution in [0.2, 0.25) is 0 Å². The molecule has 0 spiro atoms. The Labute approximate surface area is 125 Å². The van der Waals surface area contributed by atoms with E-state index < -0.39 is 21.6 Å². The van der Waals surface area contributed by atoms with Gasteiger partial charge >= 0.3 is 0 Å². The Bertz CT molecular complexity index is 588. The molecule has 0 heterocycles. The molecule has 21 heavy (non-hydrogen) atoms. The number of sulfonamides is 1. The number of benzene rings is 1. The Morgan fingerprint density at radius 2 is 1.71 bits per heavy atom. The molecule has 1 aromatic carbocycles. The van der Waals surface area contributed by atoms with Gasteiger partial charge in [-0.05, 0) is 52.0 Å². The van der Waals surface area contributed by atoms with E-state index in [0.29, 0.717) is 5.75 Å². The molecular weight excluding hydrogens is 292 g/mol. The minimum absolute atomic E-state index is 0.0821. The molecule has 0 saturated carbocycles. The van der Waals surface area contributed by atoms with Crippen LogP contribution in [0.5, 0.6) is 5.75 Å². The van der Waals surface area contributed by atoms with E-state index in [2.05, 4.69) is 10.0 Å². The van der Waals surface area contributed by atoms with Crippen molar-refractivity contribution in [3.8, 4) is 5.75 Å². The van der Waals surface area contributed by atoms with Crippen LogP contribution in [0, 0.1) is 0 Å². The number of amides is 1. The van der Waals surface area contributed by atoms with Crippen LogP contribution in [0.4, 0.5) is 0 Å². The zero-order chi connectivity index (χ0) is 16.3. The smallest absolute Gasteiger partial charge is 0.241 e. The molecule has 6 nitrogen and oxygen atoms in total. The number of ether oxygens (including phenoxy) is 1. The van der Waals surface area contributed by atoms with Crippen molar-refractivity contribution < 1.29 is 17.9 Å². The van der Waals surface area contributed by atoms with Crippen molar-refractivity contribution in [3.63, 3.8) is 0 Å². The van der Waals surface area contributed by atoms with Crippen LogP contribution in [0.3, 0.4) is 0 Å². The van der Waals surface area contributed by atoms with E-state index in [1.54, 1.807) is 12.1 Å². The van der Waals surface area contributed by atoms with Gasteiger partial charge in [-0.2, -0.15) is 4.72 Å². The SMILES string of the molecule is COc1ccc(S(=O)(=O)N[C@H](C)C(=O)NC(C)(C)C)cc1. The predicted molar refractivity (Wildman–Crippen MR) is 80.7 cm³/mol. The molecule has 0 bridgehead atoms. The fraction of sp³-hybridized carbons (Fsp3) is 0.500. The highest BCUT2D eigenvalue weighted by Crippen LogP contribution is 2.15. The highest BCUT2D eigenvalue weighted by Gasteiger charge is 2.24. The number of hydrogen-bond donors (Lipinski definition) is 2. The zero-order valence-corrected chi connectivity index (χ0v) is 13.7. The second kappa shape index (κ2) is 6.44. The Balaban J connectivity index is 2.81. The largest absolute Gasteiger partial charge is 0.497 e. The summed E-state index contributed by atoms with van der Waals surface area (Å²) in [6.45, 7) is 6.99. The van der Waals surface area contributed by atoms with Gasteiger partial charge in [0.15, 0.2) is 0 Å². The lowest BCUT2D eigenvalue weighted by Crippen LogP contribution is -2.50. The van der Waals surface area contributed by atoms with Gasteiger partial charge in [-0.3, -0.25) is 4.79 Å². The number of carbonyl (C=O) groups is 1. The lowest BCUT2D eigenvalue weighted by atomic mass is 10.1. The van der Waals surface area contributed by atoms with Crippen molar-refractivity contribution in [1.29, 1.82) is 0 Å². The Morgan fingerprint density at radius 3 is 2.14 bits per heavy atom. The molecular formula is C14H22N2O4S. The van der Waals surface area contributed by atoms with Crippen LogP contribution in [0.1, 0.15) is 27.7 Å². The van der Waals surface area contributed by atoms with Gasteiger partial charge in [0.1, 0.15) is 5.75 Å². The monoisotopic (exact) mass is 314 g/mol. The summed E-state index contributed by atoms with van der Waals surface area (Å²) in [6.07, 6.45) is 0. The number of hydrogen-bond acceptors (Lipinski definition) is 4. The molecule has 1 atom stereocenters. The van der Waals surface area contributed by atoms with E-state index in [-0.39, 0.29) is 10.8 Å². The summed E-state index contributed by atoms with van der Waals surface area (Å²) in [7, 11) is -2.25. The van der Waals surface area contributed by atoms with Crippen LogP contribution in [0.15, 0.2) is 29.2 Å². The Morgan fingerprint density at radius 1 is 1.19 bits per heavy atom. The van der Waals surface area contributed by atoms with Gasteiger partial charge in [0.2, 0.25) is 15.9 Å². The summed E-state index contributed by atoms with van der Waals surface area (Å²) in [5.41, 5.74) is -0.420. The molecule has 1 rings (SSSR count). The molecule has 7 heteroatoms. The van der Waals surface area contributed by atoms with E-state index in [1.165, 1.54) is 26.2 Å². The van der Waals surface area contributed by atoms with Gasteiger partial charge in [-0.25, -0.2) is 8.42 Å². The topological polar surface area (TPSA) is 84.5 Å². The number of carbonyl (C=O) groups excluding carboxylic acids is 1. The summed E-state index contributed by atoms with van der Waals surface area (Å²) in [5, 5.41) is 2.73. The fourth-order valence-corrected chi connectivity index (χ4v) is 2.79. The third-order valence-electron chi connectivity index (χ3n) is 2.59. The third-order valence-corrected chi connectivity index (χ3v) is 4.15. The highest BCUT2D eigenvalue weighted by molar-refractivity contribution is 7.89. The Kier molecular flexibility index (Phi) is 5.36. The fourth-order valence-electron chi connectivity index (χ4n) is 1.59. The van der Waals surface area contributed by atoms with Crippen LogP contribution in [-0.4, -0.2) is 33.0 Å². The van der Waals surface area contributed by atoms with Gasteiger partial charge < -0.3 is 10.1 Å². The number of rotatable bonds is 5. The molecule has 0 aliphatic rings. The van der Waals surface area contributed by atoms with E-state index in [4.69, 9.17) is 4.74 Å². The van der Waals surface area contributed by atoms with Crippen LogP contribution < -0.4 is 14.8 Å². The molecule has 118 valence electrons. The van der Waals surface area contributed by atoms with E-state index >= 15 is 0 Å². The first-order valence-corrected chi connectivity index (χ1v) is 8.02. The maximum Gasteiger partial charge on any atom is 0.241 e. The van der Waals surface area contributed by atoms with Crippen molar-refractivity contribution in [2.24, 2.45) is 0 Å². The normalized spacial score (nSPS) is 13.6. The summed E-state index contributed by atoms with van der Waals surface area (Å²) in [6, 6.07) is 5.09. The maximum atomic E-state index is 12.2. The average Bonchev–Trinajstić information content (AvgIpc) is 2.36. The highest BCUT2D eigenvalue weighted by atomic mass is 32.2. The first kappa shape index (κ1) is 17.5. The molecule has 2 N–H and O–H groups in total. The molecule has 0 aliphatic carbocycles. The maximum absolute atomic E-state index is 12.2. The molecule has 1 aromatic rings. The van der Waals surface area contributed by atoms with Crippen LogP contribution in [-0.2, 0) is 14.8 Å². The first-order chi connectivity index (χ1) is 9.55. The van der Waals surface area contributed by atoms with E-state index in [1.807, 2.05) is 20.8 Å². The zero-order valence-electron chi connectivity index (χ0n) is 12.9. The van der Waals surface area contributed by atoms with Crippen molar-refractivity contribution >= 4 is 15.9 Å². The van der Waals surface area contributed by atoms with Gasteiger partial charge in [0.25, 0.3) is 0 Å². The van der Waals surface area contributed by atoms with Crippen LogP contribution in [0.25, 0.3) is 0 Å². The van der Waals surface area contributed by atoms with Crippen molar-refractivity contribution in [2.75, 3.05) is 7.11 Å². The molecule has 0 aromatic heterocycles. The average molecular weight is 314 g/mol. The van der Waals surface area contributed by atoms with Crippen molar-refractivity contribution in [2.45, 2.75) is 44.2 Å². The second-order valence-corrected chi connectivity index (χ2v) is 7.47.